The highest BCUT2D eigenvalue weighted by molar-refractivity contribution is 5.94. The number of para-hydroxylation sites is 1. The molecule has 0 aliphatic carbocycles. The zero-order valence-electron chi connectivity index (χ0n) is 16.1. The molecule has 0 bridgehead atoms. The van der Waals surface area contributed by atoms with Gasteiger partial charge in [-0.05, 0) is 48.7 Å². The Hall–Kier alpha value is -2.73. The molecule has 0 fully saturated rings. The number of hydrogen-bond donors (Lipinski definition) is 2. The molecule has 144 valence electrons. The van der Waals surface area contributed by atoms with Crippen molar-refractivity contribution in [1.29, 1.82) is 0 Å². The Labute approximate surface area is 159 Å². The lowest BCUT2D eigenvalue weighted by atomic mass is 9.98. The van der Waals surface area contributed by atoms with Gasteiger partial charge in [0, 0.05) is 5.69 Å². The highest BCUT2D eigenvalue weighted by Crippen LogP contribution is 2.27. The number of anilines is 1. The zero-order chi connectivity index (χ0) is 20.1. The largest absolute Gasteiger partial charge is 0.368 e. The average molecular weight is 371 g/mol. The lowest BCUT2D eigenvalue weighted by molar-refractivity contribution is -0.124. The van der Waals surface area contributed by atoms with Crippen LogP contribution in [0.4, 0.5) is 10.1 Å². The van der Waals surface area contributed by atoms with Crippen LogP contribution >= 0.6 is 0 Å². The summed E-state index contributed by atoms with van der Waals surface area (Å²) in [7, 11) is 1.61. The van der Waals surface area contributed by atoms with Crippen molar-refractivity contribution in [3.63, 3.8) is 0 Å². The lowest BCUT2D eigenvalue weighted by Gasteiger charge is -2.26. The molecule has 6 heteroatoms. The second-order valence-electron chi connectivity index (χ2n) is 7.02. The van der Waals surface area contributed by atoms with Gasteiger partial charge >= 0.3 is 0 Å². The number of amides is 2. The molecule has 0 aliphatic heterocycles. The number of nitrogens with one attached hydrogen (secondary N) is 1. The maximum absolute atomic E-state index is 13.5. The molecule has 2 aromatic rings. The summed E-state index contributed by atoms with van der Waals surface area (Å²) in [4.78, 5) is 26.0. The highest BCUT2D eigenvalue weighted by atomic mass is 19.1. The number of likely N-dealkylation sites (N-methyl/N-ethyl adjacent to an activating group) is 1. The van der Waals surface area contributed by atoms with Crippen LogP contribution in [0.2, 0.25) is 0 Å². The Morgan fingerprint density at radius 3 is 2.44 bits per heavy atom. The van der Waals surface area contributed by atoms with Crippen molar-refractivity contribution < 1.29 is 14.0 Å². The van der Waals surface area contributed by atoms with Crippen LogP contribution in [0.5, 0.6) is 0 Å². The number of halogens is 1. The third-order valence-corrected chi connectivity index (χ3v) is 4.46. The summed E-state index contributed by atoms with van der Waals surface area (Å²) in [6.45, 7) is 5.99. The fourth-order valence-corrected chi connectivity index (χ4v) is 3.15. The Morgan fingerprint density at radius 2 is 1.85 bits per heavy atom. The number of hydrogen-bond acceptors (Lipinski definition) is 3. The van der Waals surface area contributed by atoms with E-state index in [0.717, 1.165) is 16.8 Å². The van der Waals surface area contributed by atoms with E-state index in [1.807, 2.05) is 25.1 Å². The third kappa shape index (κ3) is 5.14. The first kappa shape index (κ1) is 20.6. The van der Waals surface area contributed by atoms with Gasteiger partial charge in [-0.3, -0.25) is 14.5 Å². The Balaban J connectivity index is 2.18. The SMILES string of the molecule is Cc1cccc(C(C)C)c1NC(=O)CN(C)[C@H](C(N)=O)c1cccc(F)c1. The molecule has 0 unspecified atom stereocenters. The first-order valence-corrected chi connectivity index (χ1v) is 8.85. The molecule has 0 saturated carbocycles. The Kier molecular flexibility index (Phi) is 6.69. The summed E-state index contributed by atoms with van der Waals surface area (Å²) in [6.07, 6.45) is 0. The number of carbonyl (C=O) groups is 2. The average Bonchev–Trinajstić information content (AvgIpc) is 2.56. The van der Waals surface area contributed by atoms with Gasteiger partial charge in [0.2, 0.25) is 11.8 Å². The van der Waals surface area contributed by atoms with Gasteiger partial charge in [0.15, 0.2) is 0 Å². The van der Waals surface area contributed by atoms with Crippen LogP contribution in [-0.2, 0) is 9.59 Å². The fraction of sp³-hybridized carbons (Fsp3) is 0.333. The van der Waals surface area contributed by atoms with E-state index in [0.29, 0.717) is 5.56 Å². The second-order valence-corrected chi connectivity index (χ2v) is 7.02. The molecule has 1 atom stereocenters. The van der Waals surface area contributed by atoms with Gasteiger partial charge in [0.1, 0.15) is 11.9 Å². The van der Waals surface area contributed by atoms with Gasteiger partial charge in [-0.2, -0.15) is 0 Å². The molecule has 3 N–H and O–H groups in total. The standard InChI is InChI=1S/C21H26FN3O2/c1-13(2)17-10-5-7-14(3)19(17)24-18(26)12-25(4)20(21(23)27)15-8-6-9-16(22)11-15/h5-11,13,20H,12H2,1-4H3,(H2,23,27)(H,24,26)/t20-/m0/s1. The number of aryl methyl sites for hydroxylation is 1. The van der Waals surface area contributed by atoms with Crippen LogP contribution in [0, 0.1) is 12.7 Å². The van der Waals surface area contributed by atoms with E-state index in [2.05, 4.69) is 19.2 Å². The number of carbonyl (C=O) groups excluding carboxylic acids is 2. The van der Waals surface area contributed by atoms with Crippen molar-refractivity contribution >= 4 is 17.5 Å². The maximum atomic E-state index is 13.5. The highest BCUT2D eigenvalue weighted by Gasteiger charge is 2.25. The minimum absolute atomic E-state index is 0.0595. The Bertz CT molecular complexity index is 836. The summed E-state index contributed by atoms with van der Waals surface area (Å²) >= 11 is 0. The first-order chi connectivity index (χ1) is 12.7. The normalized spacial score (nSPS) is 12.3. The minimum Gasteiger partial charge on any atom is -0.368 e. The molecule has 0 radical (unpaired) electrons. The van der Waals surface area contributed by atoms with E-state index in [-0.39, 0.29) is 18.4 Å². The summed E-state index contributed by atoms with van der Waals surface area (Å²) in [5.74, 6) is -1.12. The number of benzene rings is 2. The van der Waals surface area contributed by atoms with E-state index in [9.17, 15) is 14.0 Å². The molecule has 5 nitrogen and oxygen atoms in total. The van der Waals surface area contributed by atoms with Crippen molar-refractivity contribution in [2.45, 2.75) is 32.7 Å². The smallest absolute Gasteiger partial charge is 0.239 e. The first-order valence-electron chi connectivity index (χ1n) is 8.85. The van der Waals surface area contributed by atoms with E-state index in [4.69, 9.17) is 5.73 Å². The molecule has 0 aromatic heterocycles. The van der Waals surface area contributed by atoms with E-state index < -0.39 is 17.8 Å². The molecular weight excluding hydrogens is 345 g/mol. The summed E-state index contributed by atoms with van der Waals surface area (Å²) in [6, 6.07) is 10.6. The molecule has 0 spiro atoms. The molecule has 2 rings (SSSR count). The number of nitrogens with zero attached hydrogens (tertiary/aromatic N) is 1. The van der Waals surface area contributed by atoms with Crippen LogP contribution in [0.1, 0.15) is 42.5 Å². The lowest BCUT2D eigenvalue weighted by Crippen LogP contribution is -2.39. The van der Waals surface area contributed by atoms with Crippen LogP contribution in [-0.4, -0.2) is 30.3 Å². The van der Waals surface area contributed by atoms with E-state index in [1.165, 1.54) is 23.1 Å². The van der Waals surface area contributed by atoms with Crippen LogP contribution in [0.25, 0.3) is 0 Å². The van der Waals surface area contributed by atoms with Gasteiger partial charge in [-0.25, -0.2) is 4.39 Å². The number of rotatable bonds is 7. The van der Waals surface area contributed by atoms with Gasteiger partial charge < -0.3 is 11.1 Å². The van der Waals surface area contributed by atoms with Crippen LogP contribution in [0.15, 0.2) is 42.5 Å². The monoisotopic (exact) mass is 371 g/mol. The van der Waals surface area contributed by atoms with Crippen LogP contribution < -0.4 is 11.1 Å². The van der Waals surface area contributed by atoms with Crippen molar-refractivity contribution in [2.24, 2.45) is 5.73 Å². The zero-order valence-corrected chi connectivity index (χ0v) is 16.1. The van der Waals surface area contributed by atoms with Gasteiger partial charge in [0.05, 0.1) is 6.54 Å². The predicted octanol–water partition coefficient (Wildman–Crippen LogP) is 3.35. The Morgan fingerprint density at radius 1 is 1.19 bits per heavy atom. The number of primary amides is 1. The molecular formula is C21H26FN3O2. The molecule has 2 aromatic carbocycles. The summed E-state index contributed by atoms with van der Waals surface area (Å²) < 4.78 is 13.5. The molecule has 0 aliphatic rings. The van der Waals surface area contributed by atoms with Gasteiger partial charge in [-0.1, -0.05) is 44.2 Å². The molecule has 2 amide bonds. The van der Waals surface area contributed by atoms with Crippen molar-refractivity contribution in [1.82, 2.24) is 4.90 Å². The van der Waals surface area contributed by atoms with Crippen molar-refractivity contribution in [2.75, 3.05) is 18.9 Å². The second kappa shape index (κ2) is 8.77. The summed E-state index contributed by atoms with van der Waals surface area (Å²) in [5.41, 5.74) is 8.71. The fourth-order valence-electron chi connectivity index (χ4n) is 3.15. The molecule has 27 heavy (non-hydrogen) atoms. The van der Waals surface area contributed by atoms with Crippen molar-refractivity contribution in [3.05, 3.63) is 65.0 Å². The molecule has 0 saturated heterocycles. The van der Waals surface area contributed by atoms with Gasteiger partial charge in [-0.15, -0.1) is 0 Å². The maximum Gasteiger partial charge on any atom is 0.239 e. The minimum atomic E-state index is -0.895. The van der Waals surface area contributed by atoms with Crippen molar-refractivity contribution in [3.8, 4) is 0 Å². The quantitative estimate of drug-likeness (QED) is 0.784. The topological polar surface area (TPSA) is 75.4 Å². The van der Waals surface area contributed by atoms with E-state index >= 15 is 0 Å². The van der Waals surface area contributed by atoms with Gasteiger partial charge in [0.25, 0.3) is 0 Å². The number of nitrogens with two attached hydrogens (primary N) is 1. The third-order valence-electron chi connectivity index (χ3n) is 4.46. The summed E-state index contributed by atoms with van der Waals surface area (Å²) in [5, 5.41) is 2.94. The molecule has 0 heterocycles. The predicted molar refractivity (Wildman–Crippen MR) is 105 cm³/mol. The van der Waals surface area contributed by atoms with Crippen LogP contribution in [0.3, 0.4) is 0 Å². The van der Waals surface area contributed by atoms with E-state index in [1.54, 1.807) is 13.1 Å².